The summed E-state index contributed by atoms with van der Waals surface area (Å²) < 4.78 is 22.8. The molecule has 0 atom stereocenters. The second-order valence-corrected chi connectivity index (χ2v) is 11.9. The number of hydrogen-bond acceptors (Lipinski definition) is 6. The van der Waals surface area contributed by atoms with Crippen molar-refractivity contribution in [3.8, 4) is 33.8 Å². The predicted octanol–water partition coefficient (Wildman–Crippen LogP) is 9.84. The van der Waals surface area contributed by atoms with Crippen molar-refractivity contribution in [3.63, 3.8) is 0 Å². The van der Waals surface area contributed by atoms with Gasteiger partial charge in [0, 0.05) is 16.5 Å². The number of esters is 2. The molecule has 0 aliphatic heterocycles. The van der Waals surface area contributed by atoms with E-state index in [0.717, 1.165) is 65.7 Å². The minimum atomic E-state index is -0.641. The van der Waals surface area contributed by atoms with Crippen LogP contribution < -0.4 is 9.47 Å². The summed E-state index contributed by atoms with van der Waals surface area (Å²) in [5.74, 6) is 0.0440. The number of aryl methyl sites for hydroxylation is 2. The molecule has 0 saturated carbocycles. The summed E-state index contributed by atoms with van der Waals surface area (Å²) in [5.41, 5.74) is 5.44. The normalized spacial score (nSPS) is 11.3. The van der Waals surface area contributed by atoms with Crippen molar-refractivity contribution in [1.29, 1.82) is 0 Å². The molecule has 0 aromatic heterocycles. The van der Waals surface area contributed by atoms with E-state index in [2.05, 4.69) is 24.3 Å². The summed E-state index contributed by atoms with van der Waals surface area (Å²) in [5, 5.41) is 6.73. The summed E-state index contributed by atoms with van der Waals surface area (Å²) in [6.07, 6.45) is 0. The maximum Gasteiger partial charge on any atom is 0.339 e. The molecule has 6 heteroatoms. The quantitative estimate of drug-likeness (QED) is 0.134. The van der Waals surface area contributed by atoms with Gasteiger partial charge in [-0.05, 0) is 85.9 Å². The van der Waals surface area contributed by atoms with E-state index >= 15 is 0 Å². The average molecular weight is 635 g/mol. The van der Waals surface area contributed by atoms with Gasteiger partial charge in [-0.1, -0.05) is 84.9 Å². The van der Waals surface area contributed by atoms with Gasteiger partial charge in [0.25, 0.3) is 0 Å². The summed E-state index contributed by atoms with van der Waals surface area (Å²) in [7, 11) is 5.95. The summed E-state index contributed by atoms with van der Waals surface area (Å²) in [4.78, 5) is 28.0. The highest BCUT2D eigenvalue weighted by molar-refractivity contribution is 6.31. The molecule has 7 rings (SSSR count). The molecule has 0 bridgehead atoms. The molecule has 7 aromatic rings. The highest BCUT2D eigenvalue weighted by atomic mass is 16.5. The Morgan fingerprint density at radius 1 is 0.479 bits per heavy atom. The third-order valence-electron chi connectivity index (χ3n) is 9.14. The predicted molar refractivity (Wildman–Crippen MR) is 193 cm³/mol. The maximum atomic E-state index is 14.0. The minimum Gasteiger partial charge on any atom is -0.496 e. The molecule has 0 radical (unpaired) electrons. The molecule has 0 amide bonds. The Morgan fingerprint density at radius 3 is 1.44 bits per heavy atom. The van der Waals surface area contributed by atoms with Crippen LogP contribution in [0, 0.1) is 13.8 Å². The Labute approximate surface area is 278 Å². The molecule has 7 aromatic carbocycles. The molecule has 238 valence electrons. The van der Waals surface area contributed by atoms with E-state index in [4.69, 9.17) is 18.9 Å². The number of rotatable bonds is 6. The molecule has 0 saturated heterocycles. The van der Waals surface area contributed by atoms with Crippen LogP contribution in [0.15, 0.2) is 97.1 Å². The van der Waals surface area contributed by atoms with Crippen molar-refractivity contribution >= 4 is 55.0 Å². The number of ether oxygens (including phenoxy) is 4. The number of benzene rings is 7. The second-order valence-electron chi connectivity index (χ2n) is 11.9. The Kier molecular flexibility index (Phi) is 7.72. The van der Waals surface area contributed by atoms with Crippen LogP contribution in [0.1, 0.15) is 31.8 Å². The third-order valence-corrected chi connectivity index (χ3v) is 9.14. The minimum absolute atomic E-state index is 0.137. The molecule has 0 heterocycles. The molecule has 0 unspecified atom stereocenters. The van der Waals surface area contributed by atoms with E-state index in [-0.39, 0.29) is 11.1 Å². The lowest BCUT2D eigenvalue weighted by Gasteiger charge is -2.23. The standard InChI is InChI=1S/C42H34O6/c1-23-19-29(36-27-13-9-7-11-25(27)15-17-33(36)45-3)35-30-20-24(2)22-32(37-28-14-10-8-12-26(28)16-18-34(37)46-4)38(30)40(42(44)48-6)39(31(35)21-23)41(43)47-5/h7-22H,1-6H3. The van der Waals surface area contributed by atoms with Gasteiger partial charge >= 0.3 is 11.9 Å². The van der Waals surface area contributed by atoms with E-state index in [9.17, 15) is 9.59 Å². The first-order valence-electron chi connectivity index (χ1n) is 15.6. The van der Waals surface area contributed by atoms with E-state index in [0.29, 0.717) is 22.3 Å². The fourth-order valence-electron chi connectivity index (χ4n) is 7.20. The average Bonchev–Trinajstić information content (AvgIpc) is 3.11. The van der Waals surface area contributed by atoms with Crippen LogP contribution in [0.25, 0.3) is 65.3 Å². The van der Waals surface area contributed by atoms with Crippen molar-refractivity contribution in [2.45, 2.75) is 13.8 Å². The van der Waals surface area contributed by atoms with E-state index < -0.39 is 11.9 Å². The number of carbonyl (C=O) groups is 2. The number of carbonyl (C=O) groups excluding carboxylic acids is 2. The number of methoxy groups -OCH3 is 4. The van der Waals surface area contributed by atoms with Crippen LogP contribution in [-0.4, -0.2) is 40.4 Å². The monoisotopic (exact) mass is 634 g/mol. The second kappa shape index (κ2) is 12.0. The zero-order valence-corrected chi connectivity index (χ0v) is 27.7. The highest BCUT2D eigenvalue weighted by Gasteiger charge is 2.31. The molecule has 0 aliphatic carbocycles. The first kappa shape index (κ1) is 30.8. The molecular formula is C42H34O6. The van der Waals surface area contributed by atoms with Crippen LogP contribution >= 0.6 is 0 Å². The lowest BCUT2D eigenvalue weighted by molar-refractivity contribution is 0.0559. The summed E-state index contributed by atoms with van der Waals surface area (Å²) >= 11 is 0. The molecular weight excluding hydrogens is 600 g/mol. The van der Waals surface area contributed by atoms with Crippen molar-refractivity contribution < 1.29 is 28.5 Å². The zero-order valence-electron chi connectivity index (χ0n) is 27.7. The molecule has 0 N–H and O–H groups in total. The molecule has 0 aliphatic rings. The van der Waals surface area contributed by atoms with Gasteiger partial charge in [-0.2, -0.15) is 0 Å². The Hall–Kier alpha value is -5.88. The smallest absolute Gasteiger partial charge is 0.339 e. The van der Waals surface area contributed by atoms with Gasteiger partial charge in [0.15, 0.2) is 0 Å². The first-order chi connectivity index (χ1) is 23.3. The fourth-order valence-corrected chi connectivity index (χ4v) is 7.20. The maximum absolute atomic E-state index is 14.0. The van der Waals surface area contributed by atoms with Gasteiger partial charge in [0.2, 0.25) is 0 Å². The van der Waals surface area contributed by atoms with Crippen molar-refractivity contribution in [2.75, 3.05) is 28.4 Å². The number of hydrogen-bond donors (Lipinski definition) is 0. The van der Waals surface area contributed by atoms with Gasteiger partial charge in [0.05, 0.1) is 39.6 Å². The Morgan fingerprint density at radius 2 is 0.938 bits per heavy atom. The lowest BCUT2D eigenvalue weighted by Crippen LogP contribution is -2.14. The van der Waals surface area contributed by atoms with Crippen molar-refractivity contribution in [3.05, 3.63) is 119 Å². The molecule has 6 nitrogen and oxygen atoms in total. The molecule has 0 fully saturated rings. The zero-order chi connectivity index (χ0) is 33.7. The van der Waals surface area contributed by atoms with Crippen LogP contribution in [-0.2, 0) is 9.47 Å². The van der Waals surface area contributed by atoms with E-state index in [1.165, 1.54) is 14.2 Å². The topological polar surface area (TPSA) is 71.1 Å². The van der Waals surface area contributed by atoms with E-state index in [1.807, 2.05) is 86.6 Å². The van der Waals surface area contributed by atoms with Crippen LogP contribution in [0.3, 0.4) is 0 Å². The van der Waals surface area contributed by atoms with Gasteiger partial charge in [0.1, 0.15) is 11.5 Å². The first-order valence-corrected chi connectivity index (χ1v) is 15.6. The largest absolute Gasteiger partial charge is 0.496 e. The van der Waals surface area contributed by atoms with Gasteiger partial charge < -0.3 is 18.9 Å². The third kappa shape index (κ3) is 4.71. The Bertz CT molecular complexity index is 2460. The Balaban J connectivity index is 1.82. The summed E-state index contributed by atoms with van der Waals surface area (Å²) in [6, 6.07) is 32.3. The van der Waals surface area contributed by atoms with Crippen molar-refractivity contribution in [1.82, 2.24) is 0 Å². The fraction of sp³-hybridized carbons (Fsp3) is 0.143. The van der Waals surface area contributed by atoms with Crippen LogP contribution in [0.4, 0.5) is 0 Å². The lowest BCUT2D eigenvalue weighted by atomic mass is 9.81. The number of fused-ring (bicyclic) bond motifs is 5. The summed E-state index contributed by atoms with van der Waals surface area (Å²) in [6.45, 7) is 4.01. The van der Waals surface area contributed by atoms with Gasteiger partial charge in [-0.3, -0.25) is 0 Å². The molecule has 0 spiro atoms. The van der Waals surface area contributed by atoms with Gasteiger partial charge in [-0.15, -0.1) is 0 Å². The molecule has 48 heavy (non-hydrogen) atoms. The SMILES string of the molecule is COC(=O)c1c(C(=O)OC)c2c(-c3c(OC)ccc4ccccc34)cc(C)cc2c2c(-c3c(OC)ccc4ccccc34)cc(C)cc12. The van der Waals surface area contributed by atoms with Gasteiger partial charge in [-0.25, -0.2) is 9.59 Å². The van der Waals surface area contributed by atoms with Crippen LogP contribution in [0.5, 0.6) is 11.5 Å². The van der Waals surface area contributed by atoms with E-state index in [1.54, 1.807) is 14.2 Å². The van der Waals surface area contributed by atoms with Crippen LogP contribution in [0.2, 0.25) is 0 Å². The highest BCUT2D eigenvalue weighted by Crippen LogP contribution is 2.49. The van der Waals surface area contributed by atoms with Crippen molar-refractivity contribution in [2.24, 2.45) is 0 Å².